The molecule has 0 aliphatic carbocycles. The monoisotopic (exact) mass is 329 g/mol. The van der Waals surface area contributed by atoms with Crippen molar-refractivity contribution in [2.24, 2.45) is 0 Å². The number of hydrogen-bond donors (Lipinski definition) is 1. The number of hydrogen-bond acceptors (Lipinski definition) is 4. The van der Waals surface area contributed by atoms with Gasteiger partial charge in [0, 0.05) is 12.6 Å². The van der Waals surface area contributed by atoms with Crippen molar-refractivity contribution in [2.75, 3.05) is 12.4 Å². The molecule has 0 atom stereocenters. The van der Waals surface area contributed by atoms with Crippen LogP contribution in [-0.2, 0) is 0 Å². The predicted octanol–water partition coefficient (Wildman–Crippen LogP) is 4.42. The molecule has 1 aromatic heterocycles. The fourth-order valence-electron chi connectivity index (χ4n) is 1.79. The third-order valence-electron chi connectivity index (χ3n) is 2.67. The minimum atomic E-state index is -0.529. The Morgan fingerprint density at radius 1 is 1.24 bits per heavy atom. The van der Waals surface area contributed by atoms with Gasteiger partial charge >= 0.3 is 0 Å². The second-order valence-electron chi connectivity index (χ2n) is 4.56. The average Bonchev–Trinajstić information content (AvgIpc) is 2.42. The van der Waals surface area contributed by atoms with Gasteiger partial charge in [0.05, 0.1) is 16.8 Å². The van der Waals surface area contributed by atoms with Crippen LogP contribution in [-0.4, -0.2) is 23.1 Å². The normalized spacial score (nSPS) is 10.8. The van der Waals surface area contributed by atoms with Crippen LogP contribution < -0.4 is 10.1 Å². The number of benzene rings is 1. The van der Waals surface area contributed by atoms with Gasteiger partial charge in [-0.05, 0) is 26.0 Å². The molecule has 0 spiro atoms. The lowest BCUT2D eigenvalue weighted by molar-refractivity contribution is 0.242. The second-order valence-corrected chi connectivity index (χ2v) is 5.35. The molecule has 1 aromatic carbocycles. The fraction of sp³-hybridized carbons (Fsp3) is 0.286. The molecule has 0 radical (unpaired) electrons. The van der Waals surface area contributed by atoms with Crippen LogP contribution in [0.3, 0.4) is 0 Å². The lowest BCUT2D eigenvalue weighted by atomic mass is 10.1. The molecule has 112 valence electrons. The zero-order chi connectivity index (χ0) is 15.6. The summed E-state index contributed by atoms with van der Waals surface area (Å²) in [4.78, 5) is 8.01. The van der Waals surface area contributed by atoms with Crippen molar-refractivity contribution in [1.29, 1.82) is 0 Å². The summed E-state index contributed by atoms with van der Waals surface area (Å²) in [6.07, 6.45) is 1.22. The minimum absolute atomic E-state index is 0.0884. The van der Waals surface area contributed by atoms with E-state index >= 15 is 0 Å². The Kier molecular flexibility index (Phi) is 4.85. The largest absolute Gasteiger partial charge is 0.489 e. The van der Waals surface area contributed by atoms with E-state index in [4.69, 9.17) is 27.9 Å². The van der Waals surface area contributed by atoms with Crippen molar-refractivity contribution in [2.45, 2.75) is 20.0 Å². The summed E-state index contributed by atoms with van der Waals surface area (Å²) < 4.78 is 19.7. The van der Waals surface area contributed by atoms with Crippen LogP contribution in [0.4, 0.5) is 10.2 Å². The Balaban J connectivity index is 2.58. The average molecular weight is 330 g/mol. The highest BCUT2D eigenvalue weighted by molar-refractivity contribution is 6.35. The maximum absolute atomic E-state index is 14.2. The van der Waals surface area contributed by atoms with E-state index in [1.165, 1.54) is 18.5 Å². The van der Waals surface area contributed by atoms with E-state index in [1.54, 1.807) is 7.05 Å². The maximum atomic E-state index is 14.2. The molecule has 0 saturated carbocycles. The van der Waals surface area contributed by atoms with E-state index in [-0.39, 0.29) is 27.4 Å². The van der Waals surface area contributed by atoms with Gasteiger partial charge in [0.25, 0.3) is 0 Å². The molecule has 2 rings (SSSR count). The van der Waals surface area contributed by atoms with E-state index in [0.717, 1.165) is 0 Å². The number of anilines is 1. The molecule has 0 amide bonds. The van der Waals surface area contributed by atoms with Crippen molar-refractivity contribution in [3.05, 3.63) is 34.3 Å². The Morgan fingerprint density at radius 3 is 2.57 bits per heavy atom. The maximum Gasteiger partial charge on any atom is 0.148 e. The third-order valence-corrected chi connectivity index (χ3v) is 3.32. The van der Waals surface area contributed by atoms with E-state index < -0.39 is 5.82 Å². The molecule has 2 aromatic rings. The molecule has 21 heavy (non-hydrogen) atoms. The number of rotatable bonds is 4. The van der Waals surface area contributed by atoms with Gasteiger partial charge in [0.15, 0.2) is 0 Å². The first kappa shape index (κ1) is 15.8. The van der Waals surface area contributed by atoms with Crippen LogP contribution in [0.15, 0.2) is 18.5 Å². The smallest absolute Gasteiger partial charge is 0.148 e. The van der Waals surface area contributed by atoms with Gasteiger partial charge in [0.2, 0.25) is 0 Å². The van der Waals surface area contributed by atoms with Gasteiger partial charge < -0.3 is 10.1 Å². The topological polar surface area (TPSA) is 47.0 Å². The summed E-state index contributed by atoms with van der Waals surface area (Å²) in [5.41, 5.74) is 0.484. The summed E-state index contributed by atoms with van der Waals surface area (Å²) in [6, 6.07) is 2.68. The standard InChI is InChI=1S/C14H14Cl2FN3O/c1-7(2)21-11-4-8(10(17)5-9(11)15)13-12(16)14(18-3)20-6-19-13/h4-7H,1-3H3,(H,18,19,20). The number of nitrogens with zero attached hydrogens (tertiary/aromatic N) is 2. The van der Waals surface area contributed by atoms with Crippen molar-refractivity contribution in [1.82, 2.24) is 9.97 Å². The van der Waals surface area contributed by atoms with Crippen LogP contribution in [0.2, 0.25) is 10.0 Å². The lowest BCUT2D eigenvalue weighted by Gasteiger charge is -2.14. The minimum Gasteiger partial charge on any atom is -0.489 e. The van der Waals surface area contributed by atoms with Crippen LogP contribution in [0.5, 0.6) is 5.75 Å². The molecule has 1 N–H and O–H groups in total. The first-order valence-electron chi connectivity index (χ1n) is 6.28. The quantitative estimate of drug-likeness (QED) is 0.901. The third kappa shape index (κ3) is 3.36. The molecule has 7 heteroatoms. The number of halogens is 3. The predicted molar refractivity (Wildman–Crippen MR) is 82.8 cm³/mol. The van der Waals surface area contributed by atoms with E-state index in [1.807, 2.05) is 13.8 Å². The van der Waals surface area contributed by atoms with Gasteiger partial charge in [0.1, 0.15) is 28.7 Å². The zero-order valence-corrected chi connectivity index (χ0v) is 13.3. The first-order valence-corrected chi connectivity index (χ1v) is 7.04. The SMILES string of the molecule is CNc1ncnc(-c2cc(OC(C)C)c(Cl)cc2F)c1Cl. The highest BCUT2D eigenvalue weighted by Crippen LogP contribution is 2.37. The molecule has 4 nitrogen and oxygen atoms in total. The highest BCUT2D eigenvalue weighted by Gasteiger charge is 2.17. The molecule has 0 saturated heterocycles. The molecule has 0 aliphatic rings. The molecular formula is C14H14Cl2FN3O. The molecule has 0 bridgehead atoms. The van der Waals surface area contributed by atoms with Gasteiger partial charge in [-0.25, -0.2) is 14.4 Å². The fourth-order valence-corrected chi connectivity index (χ4v) is 2.28. The number of aromatic nitrogens is 2. The molecule has 0 aliphatic heterocycles. The van der Waals surface area contributed by atoms with Crippen molar-refractivity contribution >= 4 is 29.0 Å². The van der Waals surface area contributed by atoms with Crippen molar-refractivity contribution < 1.29 is 9.13 Å². The summed E-state index contributed by atoms with van der Waals surface area (Å²) in [5.74, 6) is 0.268. The van der Waals surface area contributed by atoms with Crippen LogP contribution in [0, 0.1) is 5.82 Å². The van der Waals surface area contributed by atoms with Crippen LogP contribution >= 0.6 is 23.2 Å². The second kappa shape index (κ2) is 6.45. The zero-order valence-electron chi connectivity index (χ0n) is 11.7. The van der Waals surface area contributed by atoms with Gasteiger partial charge in [-0.2, -0.15) is 0 Å². The Morgan fingerprint density at radius 2 is 1.95 bits per heavy atom. The van der Waals surface area contributed by atoms with Gasteiger partial charge in [-0.1, -0.05) is 23.2 Å². The lowest BCUT2D eigenvalue weighted by Crippen LogP contribution is -2.06. The van der Waals surface area contributed by atoms with Crippen molar-refractivity contribution in [3.8, 4) is 17.0 Å². The summed E-state index contributed by atoms with van der Waals surface area (Å²) in [7, 11) is 1.67. The number of ether oxygens (including phenoxy) is 1. The molecule has 1 heterocycles. The summed E-state index contributed by atoms with van der Waals surface area (Å²) in [5, 5.41) is 3.25. The summed E-state index contributed by atoms with van der Waals surface area (Å²) in [6.45, 7) is 3.71. The van der Waals surface area contributed by atoms with E-state index in [2.05, 4.69) is 15.3 Å². The molecular weight excluding hydrogens is 316 g/mol. The van der Waals surface area contributed by atoms with E-state index in [0.29, 0.717) is 11.6 Å². The molecule has 0 unspecified atom stereocenters. The van der Waals surface area contributed by atoms with Crippen LogP contribution in [0.25, 0.3) is 11.3 Å². The van der Waals surface area contributed by atoms with Crippen LogP contribution in [0.1, 0.15) is 13.8 Å². The Labute approximate surface area is 132 Å². The van der Waals surface area contributed by atoms with Crippen molar-refractivity contribution in [3.63, 3.8) is 0 Å². The summed E-state index contributed by atoms with van der Waals surface area (Å²) >= 11 is 12.2. The highest BCUT2D eigenvalue weighted by atomic mass is 35.5. The molecule has 0 fully saturated rings. The first-order chi connectivity index (χ1) is 9.93. The Bertz CT molecular complexity index is 665. The van der Waals surface area contributed by atoms with Gasteiger partial charge in [-0.3, -0.25) is 0 Å². The number of nitrogens with one attached hydrogen (secondary N) is 1. The Hall–Kier alpha value is -1.59. The van der Waals surface area contributed by atoms with E-state index in [9.17, 15) is 4.39 Å². The van der Waals surface area contributed by atoms with Gasteiger partial charge in [-0.15, -0.1) is 0 Å².